The van der Waals surface area contributed by atoms with E-state index in [1.165, 1.54) is 0 Å². The van der Waals surface area contributed by atoms with Gasteiger partial charge in [0.15, 0.2) is 0 Å². The van der Waals surface area contributed by atoms with Crippen LogP contribution in [0, 0.1) is 0 Å². The highest BCUT2D eigenvalue weighted by Gasteiger charge is 2.25. The Labute approximate surface area is 132 Å². The van der Waals surface area contributed by atoms with E-state index < -0.39 is 5.60 Å². The summed E-state index contributed by atoms with van der Waals surface area (Å²) in [4.78, 5) is 11.9. The minimum Gasteiger partial charge on any atom is -0.444 e. The van der Waals surface area contributed by atoms with Crippen molar-refractivity contribution in [2.45, 2.75) is 77.6 Å². The van der Waals surface area contributed by atoms with Crippen LogP contribution in [-0.2, 0) is 11.3 Å². The van der Waals surface area contributed by atoms with E-state index in [2.05, 4.69) is 22.7 Å². The third-order valence-corrected chi connectivity index (χ3v) is 3.72. The van der Waals surface area contributed by atoms with Crippen LogP contribution in [0.1, 0.15) is 53.4 Å². The first-order valence-electron chi connectivity index (χ1n) is 8.14. The maximum Gasteiger partial charge on any atom is 0.407 e. The van der Waals surface area contributed by atoms with E-state index in [-0.39, 0.29) is 12.1 Å². The number of rotatable bonds is 4. The Hall–Kier alpha value is -1.72. The van der Waals surface area contributed by atoms with Gasteiger partial charge in [0.25, 0.3) is 0 Å². The summed E-state index contributed by atoms with van der Waals surface area (Å²) in [5, 5.41) is 10.8. The molecule has 1 aromatic heterocycles. The molecule has 1 aromatic rings. The predicted octanol–water partition coefficient (Wildman–Crippen LogP) is 3.15. The molecule has 0 bridgehead atoms. The SMILES string of the molecule is CCn1cc(NC2CCCC(NC(=O)OC(C)(C)C)C2)cn1. The zero-order valence-corrected chi connectivity index (χ0v) is 14.1. The molecule has 22 heavy (non-hydrogen) atoms. The molecule has 1 aliphatic carbocycles. The number of alkyl carbamates (subject to hydrolysis) is 1. The van der Waals surface area contributed by atoms with Crippen molar-refractivity contribution in [2.75, 3.05) is 5.32 Å². The average Bonchev–Trinajstić information content (AvgIpc) is 2.84. The lowest BCUT2D eigenvalue weighted by atomic mass is 9.91. The topological polar surface area (TPSA) is 68.2 Å². The lowest BCUT2D eigenvalue weighted by molar-refractivity contribution is 0.0492. The standard InChI is InChI=1S/C16H28N4O2/c1-5-20-11-14(10-17-20)18-12-7-6-8-13(9-12)19-15(21)22-16(2,3)4/h10-13,18H,5-9H2,1-4H3,(H,19,21). The fraction of sp³-hybridized carbons (Fsp3) is 0.750. The fourth-order valence-electron chi connectivity index (χ4n) is 2.77. The first-order valence-corrected chi connectivity index (χ1v) is 8.14. The van der Waals surface area contributed by atoms with Crippen molar-refractivity contribution in [1.82, 2.24) is 15.1 Å². The molecule has 1 amide bonds. The molecule has 124 valence electrons. The first kappa shape index (κ1) is 16.6. The number of amides is 1. The third kappa shape index (κ3) is 5.24. The van der Waals surface area contributed by atoms with E-state index in [9.17, 15) is 4.79 Å². The van der Waals surface area contributed by atoms with Crippen LogP contribution in [0.3, 0.4) is 0 Å². The van der Waals surface area contributed by atoms with Crippen molar-refractivity contribution in [2.24, 2.45) is 0 Å². The summed E-state index contributed by atoms with van der Waals surface area (Å²) >= 11 is 0. The van der Waals surface area contributed by atoms with E-state index in [4.69, 9.17) is 4.74 Å². The maximum atomic E-state index is 11.9. The van der Waals surface area contributed by atoms with Crippen molar-refractivity contribution in [3.05, 3.63) is 12.4 Å². The number of hydrogen-bond acceptors (Lipinski definition) is 4. The zero-order chi connectivity index (χ0) is 16.2. The molecule has 0 saturated heterocycles. The maximum absolute atomic E-state index is 11.9. The van der Waals surface area contributed by atoms with Gasteiger partial charge >= 0.3 is 6.09 Å². The highest BCUT2D eigenvalue weighted by Crippen LogP contribution is 2.22. The largest absolute Gasteiger partial charge is 0.444 e. The van der Waals surface area contributed by atoms with Gasteiger partial charge in [-0.1, -0.05) is 0 Å². The molecule has 0 aliphatic heterocycles. The molecule has 1 heterocycles. The number of anilines is 1. The Morgan fingerprint density at radius 2 is 2.14 bits per heavy atom. The minimum absolute atomic E-state index is 0.169. The molecule has 2 N–H and O–H groups in total. The van der Waals surface area contributed by atoms with Crippen LogP contribution in [0.5, 0.6) is 0 Å². The normalized spacial score (nSPS) is 22.2. The zero-order valence-electron chi connectivity index (χ0n) is 14.1. The molecule has 2 rings (SSSR count). The second-order valence-corrected chi connectivity index (χ2v) is 6.94. The van der Waals surface area contributed by atoms with E-state index in [0.29, 0.717) is 6.04 Å². The van der Waals surface area contributed by atoms with Crippen molar-refractivity contribution in [3.63, 3.8) is 0 Å². The summed E-state index contributed by atoms with van der Waals surface area (Å²) in [6, 6.07) is 0.533. The molecule has 2 atom stereocenters. The van der Waals surface area contributed by atoms with Gasteiger partial charge < -0.3 is 15.4 Å². The highest BCUT2D eigenvalue weighted by atomic mass is 16.6. The minimum atomic E-state index is -0.453. The smallest absolute Gasteiger partial charge is 0.407 e. The van der Waals surface area contributed by atoms with Crippen LogP contribution in [0.25, 0.3) is 0 Å². The van der Waals surface area contributed by atoms with Gasteiger partial charge in [0, 0.05) is 24.8 Å². The number of nitrogens with zero attached hydrogens (tertiary/aromatic N) is 2. The van der Waals surface area contributed by atoms with Crippen LogP contribution in [0.4, 0.5) is 10.5 Å². The van der Waals surface area contributed by atoms with Crippen molar-refractivity contribution in [1.29, 1.82) is 0 Å². The number of nitrogens with one attached hydrogen (secondary N) is 2. The van der Waals surface area contributed by atoms with Crippen molar-refractivity contribution >= 4 is 11.8 Å². The van der Waals surface area contributed by atoms with Crippen LogP contribution in [-0.4, -0.2) is 33.6 Å². The van der Waals surface area contributed by atoms with E-state index >= 15 is 0 Å². The van der Waals surface area contributed by atoms with Crippen LogP contribution < -0.4 is 10.6 Å². The van der Waals surface area contributed by atoms with Gasteiger partial charge in [0.2, 0.25) is 0 Å². The van der Waals surface area contributed by atoms with Gasteiger partial charge in [-0.15, -0.1) is 0 Å². The van der Waals surface area contributed by atoms with Gasteiger partial charge in [0.1, 0.15) is 5.60 Å². The Kier molecular flexibility index (Phi) is 5.32. The van der Waals surface area contributed by atoms with Crippen molar-refractivity contribution in [3.8, 4) is 0 Å². The molecule has 6 nitrogen and oxygen atoms in total. The number of aryl methyl sites for hydroxylation is 1. The number of carbonyl (C=O) groups excluding carboxylic acids is 1. The van der Waals surface area contributed by atoms with E-state index in [1.807, 2.05) is 37.8 Å². The number of aromatic nitrogens is 2. The molecule has 6 heteroatoms. The van der Waals surface area contributed by atoms with Gasteiger partial charge in [-0.05, 0) is 53.4 Å². The van der Waals surface area contributed by atoms with E-state index in [1.54, 1.807) is 0 Å². The van der Waals surface area contributed by atoms with Gasteiger partial charge in [0.05, 0.1) is 11.9 Å². The summed E-state index contributed by atoms with van der Waals surface area (Å²) in [5.41, 5.74) is 0.593. The highest BCUT2D eigenvalue weighted by molar-refractivity contribution is 5.68. The third-order valence-electron chi connectivity index (χ3n) is 3.72. The predicted molar refractivity (Wildman–Crippen MR) is 86.9 cm³/mol. The molecule has 1 fully saturated rings. The van der Waals surface area contributed by atoms with Crippen LogP contribution in [0.2, 0.25) is 0 Å². The average molecular weight is 308 g/mol. The second kappa shape index (κ2) is 7.03. The Morgan fingerprint density at radius 1 is 1.41 bits per heavy atom. The molecule has 0 spiro atoms. The first-order chi connectivity index (χ1) is 10.4. The Morgan fingerprint density at radius 3 is 2.77 bits per heavy atom. The summed E-state index contributed by atoms with van der Waals surface area (Å²) in [7, 11) is 0. The molecule has 1 aliphatic rings. The Bertz CT molecular complexity index is 493. The summed E-state index contributed by atoms with van der Waals surface area (Å²) < 4.78 is 7.23. The summed E-state index contributed by atoms with van der Waals surface area (Å²) in [6.07, 6.45) is 7.68. The Balaban J connectivity index is 1.82. The van der Waals surface area contributed by atoms with Crippen molar-refractivity contribution < 1.29 is 9.53 Å². The molecular weight excluding hydrogens is 280 g/mol. The van der Waals surface area contributed by atoms with Crippen LogP contribution in [0.15, 0.2) is 12.4 Å². The quantitative estimate of drug-likeness (QED) is 0.896. The fourth-order valence-corrected chi connectivity index (χ4v) is 2.77. The molecule has 1 saturated carbocycles. The molecule has 0 aromatic carbocycles. The van der Waals surface area contributed by atoms with E-state index in [0.717, 1.165) is 37.9 Å². The monoisotopic (exact) mass is 308 g/mol. The lowest BCUT2D eigenvalue weighted by Crippen LogP contribution is -2.43. The number of hydrogen-bond donors (Lipinski definition) is 2. The lowest BCUT2D eigenvalue weighted by Gasteiger charge is -2.31. The molecule has 0 radical (unpaired) electrons. The van der Waals surface area contributed by atoms with Gasteiger partial charge in [-0.3, -0.25) is 4.68 Å². The van der Waals surface area contributed by atoms with Gasteiger partial charge in [-0.2, -0.15) is 5.10 Å². The summed E-state index contributed by atoms with van der Waals surface area (Å²) in [6.45, 7) is 8.57. The second-order valence-electron chi connectivity index (χ2n) is 6.94. The molecular formula is C16H28N4O2. The summed E-state index contributed by atoms with van der Waals surface area (Å²) in [5.74, 6) is 0. The number of carbonyl (C=O) groups is 1. The molecule has 2 unspecified atom stereocenters. The number of ether oxygens (including phenoxy) is 1. The van der Waals surface area contributed by atoms with Crippen LogP contribution >= 0.6 is 0 Å². The van der Waals surface area contributed by atoms with Gasteiger partial charge in [-0.25, -0.2) is 4.79 Å².